The summed E-state index contributed by atoms with van der Waals surface area (Å²) in [4.78, 5) is 23.4. The van der Waals surface area contributed by atoms with Gasteiger partial charge in [-0.15, -0.1) is 0 Å². The molecule has 1 unspecified atom stereocenters. The molecule has 2 amide bonds. The van der Waals surface area contributed by atoms with Gasteiger partial charge in [-0.3, -0.25) is 9.59 Å². The van der Waals surface area contributed by atoms with Crippen molar-refractivity contribution >= 4 is 11.8 Å². The third-order valence-corrected chi connectivity index (χ3v) is 4.47. The Bertz CT molecular complexity index is 334. The summed E-state index contributed by atoms with van der Waals surface area (Å²) in [5, 5.41) is 5.68. The van der Waals surface area contributed by atoms with Crippen molar-refractivity contribution in [3.05, 3.63) is 0 Å². The second-order valence-corrected chi connectivity index (χ2v) is 6.19. The first-order chi connectivity index (χ1) is 10.3. The molecule has 0 spiro atoms. The van der Waals surface area contributed by atoms with E-state index in [4.69, 9.17) is 4.74 Å². The van der Waals surface area contributed by atoms with Gasteiger partial charge in [-0.2, -0.15) is 0 Å². The van der Waals surface area contributed by atoms with Crippen LogP contribution in [0.25, 0.3) is 0 Å². The van der Waals surface area contributed by atoms with E-state index in [-0.39, 0.29) is 17.9 Å². The Labute approximate surface area is 127 Å². The summed E-state index contributed by atoms with van der Waals surface area (Å²) < 4.78 is 5.30. The van der Waals surface area contributed by atoms with Crippen LogP contribution in [0.1, 0.15) is 57.8 Å². The number of ether oxygens (including phenoxy) is 1. The van der Waals surface area contributed by atoms with E-state index in [1.54, 1.807) is 0 Å². The predicted molar refractivity (Wildman–Crippen MR) is 80.8 cm³/mol. The Morgan fingerprint density at radius 3 is 2.43 bits per heavy atom. The smallest absolute Gasteiger partial charge is 0.249 e. The van der Waals surface area contributed by atoms with Crippen LogP contribution in [0.5, 0.6) is 0 Å². The molecule has 1 saturated carbocycles. The molecular weight excluding hydrogens is 268 g/mol. The SMILES string of the molecule is O=C(CCC1CCCCC1)NCCNC(=O)C1CCCO1. The lowest BCUT2D eigenvalue weighted by Gasteiger charge is -2.21. The van der Waals surface area contributed by atoms with Crippen LogP contribution in [0, 0.1) is 5.92 Å². The second-order valence-electron chi connectivity index (χ2n) is 6.19. The summed E-state index contributed by atoms with van der Waals surface area (Å²) >= 11 is 0. The van der Waals surface area contributed by atoms with E-state index < -0.39 is 0 Å². The molecule has 2 N–H and O–H groups in total. The van der Waals surface area contributed by atoms with Crippen LogP contribution in [-0.4, -0.2) is 37.6 Å². The zero-order valence-corrected chi connectivity index (χ0v) is 12.9. The van der Waals surface area contributed by atoms with Crippen LogP contribution in [0.15, 0.2) is 0 Å². The van der Waals surface area contributed by atoms with Crippen molar-refractivity contribution in [1.29, 1.82) is 0 Å². The van der Waals surface area contributed by atoms with Gasteiger partial charge in [0.2, 0.25) is 11.8 Å². The summed E-state index contributed by atoms with van der Waals surface area (Å²) in [7, 11) is 0. The molecular formula is C16H28N2O3. The second kappa shape index (κ2) is 9.03. The molecule has 0 bridgehead atoms. The van der Waals surface area contributed by atoms with Gasteiger partial charge >= 0.3 is 0 Å². The van der Waals surface area contributed by atoms with Gasteiger partial charge in [-0.25, -0.2) is 0 Å². The Hall–Kier alpha value is -1.10. The van der Waals surface area contributed by atoms with E-state index in [2.05, 4.69) is 10.6 Å². The zero-order chi connectivity index (χ0) is 14.9. The minimum Gasteiger partial charge on any atom is -0.368 e. The number of carbonyl (C=O) groups is 2. The van der Waals surface area contributed by atoms with E-state index >= 15 is 0 Å². The van der Waals surface area contributed by atoms with Crippen molar-refractivity contribution in [2.75, 3.05) is 19.7 Å². The maximum absolute atomic E-state index is 11.7. The first-order valence-electron chi connectivity index (χ1n) is 8.41. The average Bonchev–Trinajstić information content (AvgIpc) is 3.05. The average molecular weight is 296 g/mol. The summed E-state index contributed by atoms with van der Waals surface area (Å²) in [6, 6.07) is 0. The maximum Gasteiger partial charge on any atom is 0.249 e. The Balaban J connectivity index is 1.47. The monoisotopic (exact) mass is 296 g/mol. The van der Waals surface area contributed by atoms with Gasteiger partial charge in [-0.1, -0.05) is 32.1 Å². The number of carbonyl (C=O) groups excluding carboxylic acids is 2. The van der Waals surface area contributed by atoms with Gasteiger partial charge < -0.3 is 15.4 Å². The highest BCUT2D eigenvalue weighted by Crippen LogP contribution is 2.27. The number of amides is 2. The van der Waals surface area contributed by atoms with Crippen molar-refractivity contribution in [3.63, 3.8) is 0 Å². The Kier molecular flexibility index (Phi) is 7.00. The van der Waals surface area contributed by atoms with Crippen LogP contribution in [0.4, 0.5) is 0 Å². The molecule has 120 valence electrons. The predicted octanol–water partition coefficient (Wildman–Crippen LogP) is 1.76. The van der Waals surface area contributed by atoms with E-state index in [9.17, 15) is 9.59 Å². The van der Waals surface area contributed by atoms with Gasteiger partial charge in [0.1, 0.15) is 6.10 Å². The molecule has 0 aromatic carbocycles. The topological polar surface area (TPSA) is 67.4 Å². The molecule has 2 fully saturated rings. The van der Waals surface area contributed by atoms with E-state index in [1.165, 1.54) is 32.1 Å². The molecule has 1 atom stereocenters. The van der Waals surface area contributed by atoms with Crippen molar-refractivity contribution in [2.45, 2.75) is 63.9 Å². The normalized spacial score (nSPS) is 23.0. The first-order valence-corrected chi connectivity index (χ1v) is 8.41. The van der Waals surface area contributed by atoms with Crippen LogP contribution >= 0.6 is 0 Å². The Morgan fingerprint density at radius 2 is 1.71 bits per heavy atom. The van der Waals surface area contributed by atoms with Gasteiger partial charge in [0.25, 0.3) is 0 Å². The molecule has 5 nitrogen and oxygen atoms in total. The van der Waals surface area contributed by atoms with Gasteiger partial charge in [-0.05, 0) is 25.2 Å². The third kappa shape index (κ3) is 6.04. The van der Waals surface area contributed by atoms with Crippen molar-refractivity contribution in [1.82, 2.24) is 10.6 Å². The quantitative estimate of drug-likeness (QED) is 0.703. The summed E-state index contributed by atoms with van der Waals surface area (Å²) in [5.74, 6) is 0.791. The summed E-state index contributed by atoms with van der Waals surface area (Å²) in [5.41, 5.74) is 0. The Morgan fingerprint density at radius 1 is 0.952 bits per heavy atom. The molecule has 5 heteroatoms. The minimum atomic E-state index is -0.285. The molecule has 1 aliphatic carbocycles. The lowest BCUT2D eigenvalue weighted by molar-refractivity contribution is -0.130. The molecule has 1 heterocycles. The van der Waals surface area contributed by atoms with Crippen LogP contribution in [-0.2, 0) is 14.3 Å². The molecule has 0 aromatic rings. The fraction of sp³-hybridized carbons (Fsp3) is 0.875. The van der Waals surface area contributed by atoms with Crippen molar-refractivity contribution < 1.29 is 14.3 Å². The number of nitrogens with one attached hydrogen (secondary N) is 2. The summed E-state index contributed by atoms with van der Waals surface area (Å²) in [6.45, 7) is 1.66. The number of hydrogen-bond donors (Lipinski definition) is 2. The lowest BCUT2D eigenvalue weighted by atomic mass is 9.86. The molecule has 2 rings (SSSR count). The third-order valence-electron chi connectivity index (χ3n) is 4.47. The number of rotatable bonds is 7. The standard InChI is InChI=1S/C16H28N2O3/c19-15(9-8-13-5-2-1-3-6-13)17-10-11-18-16(20)14-7-4-12-21-14/h13-14H,1-12H2,(H,17,19)(H,18,20). The van der Waals surface area contributed by atoms with Crippen molar-refractivity contribution in [2.24, 2.45) is 5.92 Å². The summed E-state index contributed by atoms with van der Waals surface area (Å²) in [6.07, 6.45) is 9.66. The largest absolute Gasteiger partial charge is 0.368 e. The van der Waals surface area contributed by atoms with Crippen molar-refractivity contribution in [3.8, 4) is 0 Å². The van der Waals surface area contributed by atoms with Crippen LogP contribution < -0.4 is 10.6 Å². The molecule has 21 heavy (non-hydrogen) atoms. The van der Waals surface area contributed by atoms with E-state index in [0.717, 1.165) is 25.2 Å². The van der Waals surface area contributed by atoms with E-state index in [0.29, 0.717) is 26.1 Å². The fourth-order valence-corrected chi connectivity index (χ4v) is 3.19. The zero-order valence-electron chi connectivity index (χ0n) is 12.9. The molecule has 0 radical (unpaired) electrons. The molecule has 1 aliphatic heterocycles. The molecule has 1 saturated heterocycles. The highest BCUT2D eigenvalue weighted by Gasteiger charge is 2.22. The minimum absolute atomic E-state index is 0.0519. The highest BCUT2D eigenvalue weighted by atomic mass is 16.5. The first kappa shape index (κ1) is 16.3. The van der Waals surface area contributed by atoms with Gasteiger partial charge in [0.15, 0.2) is 0 Å². The van der Waals surface area contributed by atoms with Gasteiger partial charge in [0.05, 0.1) is 0 Å². The molecule has 2 aliphatic rings. The van der Waals surface area contributed by atoms with E-state index in [1.807, 2.05) is 0 Å². The van der Waals surface area contributed by atoms with Crippen LogP contribution in [0.2, 0.25) is 0 Å². The fourth-order valence-electron chi connectivity index (χ4n) is 3.19. The lowest BCUT2D eigenvalue weighted by Crippen LogP contribution is -2.39. The highest BCUT2D eigenvalue weighted by molar-refractivity contribution is 5.81. The maximum atomic E-state index is 11.7. The molecule has 0 aromatic heterocycles. The van der Waals surface area contributed by atoms with Crippen LogP contribution in [0.3, 0.4) is 0 Å². The number of hydrogen-bond acceptors (Lipinski definition) is 3. The van der Waals surface area contributed by atoms with Gasteiger partial charge in [0, 0.05) is 26.1 Å².